The van der Waals surface area contributed by atoms with Gasteiger partial charge in [0, 0.05) is 48.9 Å². The fourth-order valence-electron chi connectivity index (χ4n) is 6.16. The Morgan fingerprint density at radius 1 is 0.872 bits per heavy atom. The Morgan fingerprint density at radius 2 is 1.59 bits per heavy atom. The molecule has 4 aromatic rings. The summed E-state index contributed by atoms with van der Waals surface area (Å²) in [7, 11) is 0. The lowest BCUT2D eigenvalue weighted by atomic mass is 9.79. The minimum Gasteiger partial charge on any atom is -0.377 e. The average molecular weight is 518 g/mol. The maximum atomic E-state index is 12.7. The van der Waals surface area contributed by atoms with E-state index in [9.17, 15) is 9.59 Å². The fraction of sp³-hybridized carbons (Fsp3) is 0.281. The number of amides is 1. The van der Waals surface area contributed by atoms with E-state index in [2.05, 4.69) is 75.5 Å². The van der Waals surface area contributed by atoms with Crippen molar-refractivity contribution in [3.05, 3.63) is 112 Å². The van der Waals surface area contributed by atoms with Crippen LogP contribution in [0.3, 0.4) is 0 Å². The molecule has 2 aliphatic heterocycles. The molecule has 7 heteroatoms. The number of anilines is 1. The lowest BCUT2D eigenvalue weighted by Crippen LogP contribution is -2.48. The van der Waals surface area contributed by atoms with Crippen molar-refractivity contribution in [2.45, 2.75) is 24.8 Å². The van der Waals surface area contributed by atoms with Crippen LogP contribution in [-0.2, 0) is 4.79 Å². The molecule has 3 aliphatic rings. The molecular formula is C32H31N5O2. The maximum absolute atomic E-state index is 12.7. The number of hydrogen-bond donors (Lipinski definition) is 2. The minimum absolute atomic E-state index is 0.0665. The number of piperazine rings is 1. The van der Waals surface area contributed by atoms with Crippen LogP contribution >= 0.6 is 0 Å². The van der Waals surface area contributed by atoms with E-state index >= 15 is 0 Å². The normalized spacial score (nSPS) is 20.5. The molecule has 1 aliphatic carbocycles. The van der Waals surface area contributed by atoms with Crippen LogP contribution in [0.2, 0.25) is 0 Å². The summed E-state index contributed by atoms with van der Waals surface area (Å²) < 4.78 is 0. The van der Waals surface area contributed by atoms with Crippen molar-refractivity contribution < 1.29 is 4.79 Å². The highest BCUT2D eigenvalue weighted by Gasteiger charge is 2.36. The summed E-state index contributed by atoms with van der Waals surface area (Å²) in [6, 6.07) is 24.6. The van der Waals surface area contributed by atoms with Gasteiger partial charge in [-0.1, -0.05) is 61.2 Å². The molecule has 1 amide bonds. The topological polar surface area (TPSA) is 81.3 Å². The Morgan fingerprint density at radius 3 is 2.36 bits per heavy atom. The van der Waals surface area contributed by atoms with E-state index in [0.29, 0.717) is 11.3 Å². The van der Waals surface area contributed by atoms with E-state index in [1.807, 2.05) is 29.2 Å². The predicted molar refractivity (Wildman–Crippen MR) is 153 cm³/mol. The SMILES string of the molecule is C=C(c1cccc(C2c3n[nH]c(=O)c4cccc(c34)NC2c2ccccc2)c1)N1CCN(C(=O)C2CC2)CC1. The summed E-state index contributed by atoms with van der Waals surface area (Å²) in [5.74, 6) is 0.456. The molecule has 7 rings (SSSR count). The van der Waals surface area contributed by atoms with Crippen LogP contribution in [0.5, 0.6) is 0 Å². The van der Waals surface area contributed by atoms with Gasteiger partial charge in [0.05, 0.1) is 23.0 Å². The summed E-state index contributed by atoms with van der Waals surface area (Å²) in [6.45, 7) is 7.52. The molecule has 0 spiro atoms. The summed E-state index contributed by atoms with van der Waals surface area (Å²) in [6.07, 6.45) is 2.08. The predicted octanol–water partition coefficient (Wildman–Crippen LogP) is 4.75. The molecule has 2 N–H and O–H groups in total. The maximum Gasteiger partial charge on any atom is 0.272 e. The van der Waals surface area contributed by atoms with E-state index in [-0.39, 0.29) is 23.4 Å². The van der Waals surface area contributed by atoms with Crippen molar-refractivity contribution in [1.82, 2.24) is 20.0 Å². The first kappa shape index (κ1) is 23.7. The molecular weight excluding hydrogens is 486 g/mol. The molecule has 1 saturated carbocycles. The standard InChI is InChI=1S/C32H31N5O2/c1-20(36-15-17-37(18-16-36)32(39)22-13-14-22)23-9-5-10-24(19-23)27-29(21-7-3-2-4-8-21)33-26-12-6-11-25-28(26)30(27)34-35-31(25)38/h2-12,19,22,27,29,33H,1,13-18H2,(H,35,38). The smallest absolute Gasteiger partial charge is 0.272 e. The van der Waals surface area contributed by atoms with Crippen LogP contribution in [0.4, 0.5) is 5.69 Å². The molecule has 1 aromatic heterocycles. The Labute approximate surface area is 227 Å². The van der Waals surface area contributed by atoms with E-state index in [4.69, 9.17) is 0 Å². The molecule has 2 atom stereocenters. The van der Waals surface area contributed by atoms with E-state index < -0.39 is 0 Å². The Bertz CT molecular complexity index is 1630. The van der Waals surface area contributed by atoms with Crippen LogP contribution < -0.4 is 10.9 Å². The largest absolute Gasteiger partial charge is 0.377 e. The summed E-state index contributed by atoms with van der Waals surface area (Å²) in [5, 5.41) is 12.6. The number of aromatic nitrogens is 2. The Balaban J connectivity index is 1.24. The quantitative estimate of drug-likeness (QED) is 0.400. The van der Waals surface area contributed by atoms with Crippen LogP contribution in [0.15, 0.2) is 84.2 Å². The van der Waals surface area contributed by atoms with Gasteiger partial charge in [-0.2, -0.15) is 5.10 Å². The lowest BCUT2D eigenvalue weighted by molar-refractivity contribution is -0.133. The van der Waals surface area contributed by atoms with Crippen molar-refractivity contribution >= 4 is 28.1 Å². The number of hydrogen-bond acceptors (Lipinski definition) is 5. The molecule has 1 saturated heterocycles. The van der Waals surface area contributed by atoms with E-state index in [1.54, 1.807) is 0 Å². The first-order valence-corrected chi connectivity index (χ1v) is 13.7. The van der Waals surface area contributed by atoms with Crippen LogP contribution in [0.1, 0.15) is 47.2 Å². The third-order valence-corrected chi connectivity index (χ3v) is 8.42. The second-order valence-corrected chi connectivity index (χ2v) is 10.8. The summed E-state index contributed by atoms with van der Waals surface area (Å²) >= 11 is 0. The number of benzene rings is 3. The van der Waals surface area contributed by atoms with Gasteiger partial charge in [0.15, 0.2) is 0 Å². The van der Waals surface area contributed by atoms with E-state index in [1.165, 1.54) is 0 Å². The summed E-state index contributed by atoms with van der Waals surface area (Å²) in [5.41, 5.74) is 5.88. The van der Waals surface area contributed by atoms with Gasteiger partial charge >= 0.3 is 0 Å². The molecule has 2 unspecified atom stereocenters. The minimum atomic E-state index is -0.184. The van der Waals surface area contributed by atoms with Crippen LogP contribution in [0.25, 0.3) is 16.5 Å². The zero-order valence-electron chi connectivity index (χ0n) is 21.8. The number of nitrogens with one attached hydrogen (secondary N) is 2. The van der Waals surface area contributed by atoms with Crippen molar-refractivity contribution in [3.63, 3.8) is 0 Å². The second-order valence-electron chi connectivity index (χ2n) is 10.8. The molecule has 3 heterocycles. The van der Waals surface area contributed by atoms with Gasteiger partial charge in [0.2, 0.25) is 5.91 Å². The molecule has 0 radical (unpaired) electrons. The number of H-pyrrole nitrogens is 1. The third-order valence-electron chi connectivity index (χ3n) is 8.42. The van der Waals surface area contributed by atoms with Crippen LogP contribution in [-0.4, -0.2) is 52.1 Å². The number of nitrogens with zero attached hydrogens (tertiary/aromatic N) is 3. The number of aromatic amines is 1. The second kappa shape index (κ2) is 9.42. The zero-order valence-corrected chi connectivity index (χ0v) is 21.8. The molecule has 7 nitrogen and oxygen atoms in total. The van der Waals surface area contributed by atoms with Crippen molar-refractivity contribution in [2.75, 3.05) is 31.5 Å². The fourth-order valence-corrected chi connectivity index (χ4v) is 6.16. The Hall–Kier alpha value is -4.39. The number of carbonyl (C=O) groups excluding carboxylic acids is 1. The highest BCUT2D eigenvalue weighted by Crippen LogP contribution is 2.46. The van der Waals surface area contributed by atoms with Crippen LogP contribution in [0, 0.1) is 5.92 Å². The van der Waals surface area contributed by atoms with Gasteiger partial charge in [-0.3, -0.25) is 9.59 Å². The lowest BCUT2D eigenvalue weighted by Gasteiger charge is -2.38. The highest BCUT2D eigenvalue weighted by atomic mass is 16.2. The van der Waals surface area contributed by atoms with Gasteiger partial charge in [-0.05, 0) is 47.7 Å². The van der Waals surface area contributed by atoms with Gasteiger partial charge < -0.3 is 15.1 Å². The highest BCUT2D eigenvalue weighted by molar-refractivity contribution is 5.97. The first-order chi connectivity index (χ1) is 19.1. The molecule has 196 valence electrons. The van der Waals surface area contributed by atoms with Gasteiger partial charge in [-0.25, -0.2) is 5.10 Å². The molecule has 39 heavy (non-hydrogen) atoms. The Kier molecular flexibility index (Phi) is 5.72. The van der Waals surface area contributed by atoms with Gasteiger partial charge in [0.1, 0.15) is 0 Å². The number of rotatable bonds is 5. The van der Waals surface area contributed by atoms with Crippen molar-refractivity contribution in [2.24, 2.45) is 5.92 Å². The van der Waals surface area contributed by atoms with Gasteiger partial charge in [0.25, 0.3) is 5.56 Å². The third kappa shape index (κ3) is 4.18. The van der Waals surface area contributed by atoms with Crippen molar-refractivity contribution in [1.29, 1.82) is 0 Å². The zero-order chi connectivity index (χ0) is 26.5. The van der Waals surface area contributed by atoms with E-state index in [0.717, 1.165) is 78.2 Å². The average Bonchev–Trinajstić information content (AvgIpc) is 3.84. The molecule has 2 fully saturated rings. The summed E-state index contributed by atoms with van der Waals surface area (Å²) in [4.78, 5) is 29.5. The monoisotopic (exact) mass is 517 g/mol. The van der Waals surface area contributed by atoms with Crippen molar-refractivity contribution in [3.8, 4) is 0 Å². The number of carbonyl (C=O) groups is 1. The molecule has 3 aromatic carbocycles. The van der Waals surface area contributed by atoms with Gasteiger partial charge in [-0.15, -0.1) is 0 Å². The first-order valence-electron chi connectivity index (χ1n) is 13.7. The molecule has 0 bridgehead atoms.